The molecule has 112 valence electrons. The Bertz CT molecular complexity index is 281. The van der Waals surface area contributed by atoms with Gasteiger partial charge in [-0.2, -0.15) is 0 Å². The smallest absolute Gasteiger partial charge is 0.414 e. The summed E-state index contributed by atoms with van der Waals surface area (Å²) in [6.07, 6.45) is 0. The minimum absolute atomic E-state index is 0. The minimum atomic E-state index is -1.82. The van der Waals surface area contributed by atoms with Crippen molar-refractivity contribution in [3.8, 4) is 0 Å². The molecule has 0 atom stereocenters. The average molecular weight is 420 g/mol. The molecule has 0 aliphatic carbocycles. The molecule has 0 aromatic carbocycles. The van der Waals surface area contributed by atoms with Gasteiger partial charge in [0.15, 0.2) is 0 Å². The van der Waals surface area contributed by atoms with E-state index in [1.807, 2.05) is 0 Å². The maximum Gasteiger partial charge on any atom is 0.414 e. The molecule has 0 bridgehead atoms. The van der Waals surface area contributed by atoms with Crippen LogP contribution in [0.1, 0.15) is 0 Å². The molecule has 0 fully saturated rings. The summed E-state index contributed by atoms with van der Waals surface area (Å²) in [5.41, 5.74) is 0. The molecule has 0 saturated heterocycles. The van der Waals surface area contributed by atoms with Crippen LogP contribution in [0.3, 0.4) is 0 Å². The SMILES string of the molecule is O=C(O)C(=O)O.O=C(O)C(=O)O.O=C(O)C(=O)O.[As].[As]. The predicted octanol–water partition coefficient (Wildman–Crippen LogP) is -3.29. The molecule has 14 heteroatoms. The van der Waals surface area contributed by atoms with Crippen molar-refractivity contribution in [1.29, 1.82) is 0 Å². The van der Waals surface area contributed by atoms with Crippen LogP contribution >= 0.6 is 0 Å². The van der Waals surface area contributed by atoms with Gasteiger partial charge < -0.3 is 30.6 Å². The van der Waals surface area contributed by atoms with Crippen molar-refractivity contribution in [1.82, 2.24) is 0 Å². The van der Waals surface area contributed by atoms with Crippen LogP contribution in [0.4, 0.5) is 0 Å². The summed E-state index contributed by atoms with van der Waals surface area (Å²) >= 11 is 0. The summed E-state index contributed by atoms with van der Waals surface area (Å²) in [6.45, 7) is 0. The molecule has 0 aliphatic rings. The molecule has 0 spiro atoms. The monoisotopic (exact) mass is 420 g/mol. The fourth-order valence-electron chi connectivity index (χ4n) is 0. The molecule has 0 unspecified atom stereocenters. The van der Waals surface area contributed by atoms with Gasteiger partial charge in [-0.3, -0.25) is 0 Å². The largest absolute Gasteiger partial charge is 0.473 e. The third kappa shape index (κ3) is 36.0. The van der Waals surface area contributed by atoms with Gasteiger partial charge >= 0.3 is 35.8 Å². The molecule has 0 aromatic heterocycles. The van der Waals surface area contributed by atoms with Gasteiger partial charge in [0.05, 0.1) is 0 Å². The first kappa shape index (κ1) is 30.7. The van der Waals surface area contributed by atoms with E-state index in [2.05, 4.69) is 0 Å². The van der Waals surface area contributed by atoms with E-state index in [0.717, 1.165) is 0 Å². The van der Waals surface area contributed by atoms with E-state index in [0.29, 0.717) is 0 Å². The Morgan fingerprint density at radius 1 is 0.350 bits per heavy atom. The maximum atomic E-state index is 9.10. The first-order valence-corrected chi connectivity index (χ1v) is 3.32. The van der Waals surface area contributed by atoms with Crippen molar-refractivity contribution in [3.63, 3.8) is 0 Å². The molecule has 0 saturated carbocycles. The average Bonchev–Trinajstić information content (AvgIpc) is 2.18. The Kier molecular flexibility index (Phi) is 26.0. The Balaban J connectivity index is -0.0000000536. The Morgan fingerprint density at radius 2 is 0.400 bits per heavy atom. The number of rotatable bonds is 0. The first-order chi connectivity index (χ1) is 7.93. The quantitative estimate of drug-likeness (QED) is 0.168. The van der Waals surface area contributed by atoms with Gasteiger partial charge in [-0.1, -0.05) is 0 Å². The molecule has 20 heavy (non-hydrogen) atoms. The summed E-state index contributed by atoms with van der Waals surface area (Å²) in [4.78, 5) is 54.6. The zero-order chi connectivity index (χ0) is 15.5. The standard InChI is InChI=1S/3C2H2O4.2As/c3*3-1(4)2(5)6;;/h3*(H,3,4)(H,5,6);;. The van der Waals surface area contributed by atoms with Crippen molar-refractivity contribution in [2.24, 2.45) is 0 Å². The molecule has 0 amide bonds. The number of hydrogen-bond donors (Lipinski definition) is 6. The van der Waals surface area contributed by atoms with Crippen LogP contribution in [0, 0.1) is 0 Å². The fourth-order valence-corrected chi connectivity index (χ4v) is 0. The van der Waals surface area contributed by atoms with E-state index in [9.17, 15) is 0 Å². The predicted molar refractivity (Wildman–Crippen MR) is 57.3 cm³/mol. The van der Waals surface area contributed by atoms with Gasteiger partial charge in [-0.05, 0) is 0 Å². The third-order valence-corrected chi connectivity index (χ3v) is 0.549. The van der Waals surface area contributed by atoms with E-state index < -0.39 is 35.8 Å². The van der Waals surface area contributed by atoms with Crippen LogP contribution < -0.4 is 0 Å². The second-order valence-corrected chi connectivity index (χ2v) is 1.83. The van der Waals surface area contributed by atoms with E-state index in [1.165, 1.54) is 0 Å². The molecule has 0 aliphatic heterocycles. The van der Waals surface area contributed by atoms with Crippen molar-refractivity contribution >= 4 is 71.7 Å². The number of carbonyl (C=O) groups is 6. The summed E-state index contributed by atoms with van der Waals surface area (Å²) in [6, 6.07) is 0. The van der Waals surface area contributed by atoms with Crippen LogP contribution in [0.5, 0.6) is 0 Å². The molecular formula is C6H6As2O12. The van der Waals surface area contributed by atoms with Gasteiger partial charge in [0.2, 0.25) is 0 Å². The summed E-state index contributed by atoms with van der Waals surface area (Å²) < 4.78 is 0. The molecule has 0 heterocycles. The van der Waals surface area contributed by atoms with E-state index in [-0.39, 0.29) is 35.9 Å². The first-order valence-electron chi connectivity index (χ1n) is 3.32. The zero-order valence-corrected chi connectivity index (χ0v) is 12.8. The third-order valence-electron chi connectivity index (χ3n) is 0.549. The van der Waals surface area contributed by atoms with E-state index >= 15 is 0 Å². The summed E-state index contributed by atoms with van der Waals surface area (Å²) in [7, 11) is 0. The van der Waals surface area contributed by atoms with Gasteiger partial charge in [0.1, 0.15) is 0 Å². The topological polar surface area (TPSA) is 224 Å². The van der Waals surface area contributed by atoms with Crippen LogP contribution in [0.15, 0.2) is 0 Å². The Hall–Kier alpha value is -2.06. The van der Waals surface area contributed by atoms with Gasteiger partial charge in [-0.15, -0.1) is 0 Å². The van der Waals surface area contributed by atoms with Crippen LogP contribution in [-0.2, 0) is 28.8 Å². The van der Waals surface area contributed by atoms with Crippen LogP contribution in [-0.4, -0.2) is 102 Å². The number of carboxylic acid groups (broad SMARTS) is 6. The van der Waals surface area contributed by atoms with E-state index in [4.69, 9.17) is 59.4 Å². The van der Waals surface area contributed by atoms with Gasteiger partial charge in [-0.25, -0.2) is 28.8 Å². The maximum absolute atomic E-state index is 9.10. The van der Waals surface area contributed by atoms with Crippen molar-refractivity contribution < 1.29 is 59.4 Å². The number of aliphatic carboxylic acids is 6. The number of hydrogen-bond acceptors (Lipinski definition) is 6. The fraction of sp³-hybridized carbons (Fsp3) is 0. The summed E-state index contributed by atoms with van der Waals surface area (Å²) in [5, 5.41) is 44.3. The molecule has 12 nitrogen and oxygen atoms in total. The van der Waals surface area contributed by atoms with Gasteiger partial charge in [0, 0.05) is 35.9 Å². The molecular weight excluding hydrogens is 414 g/mol. The second-order valence-electron chi connectivity index (χ2n) is 1.83. The zero-order valence-electron chi connectivity index (χ0n) is 9.03. The normalized spacial score (nSPS) is 6.60. The minimum Gasteiger partial charge on any atom is -0.473 e. The van der Waals surface area contributed by atoms with Crippen LogP contribution in [0.25, 0.3) is 0 Å². The second kappa shape index (κ2) is 16.9. The Morgan fingerprint density at radius 3 is 0.400 bits per heavy atom. The van der Waals surface area contributed by atoms with Crippen LogP contribution in [0.2, 0.25) is 0 Å². The molecule has 0 aromatic rings. The molecule has 0 rings (SSSR count). The van der Waals surface area contributed by atoms with E-state index in [1.54, 1.807) is 0 Å². The summed E-state index contributed by atoms with van der Waals surface area (Å²) in [5.74, 6) is -10.9. The van der Waals surface area contributed by atoms with Crippen molar-refractivity contribution in [2.45, 2.75) is 0 Å². The van der Waals surface area contributed by atoms with Crippen molar-refractivity contribution in [2.75, 3.05) is 0 Å². The van der Waals surface area contributed by atoms with Gasteiger partial charge in [0.25, 0.3) is 0 Å². The Labute approximate surface area is 131 Å². The van der Waals surface area contributed by atoms with Crippen molar-refractivity contribution in [3.05, 3.63) is 0 Å². The molecule has 6 N–H and O–H groups in total. The number of carboxylic acids is 6. The molecule has 6 radical (unpaired) electrons.